The maximum Gasteiger partial charge on any atom is 0.216 e. The molecular weight excluding hydrogens is 611 g/mol. The van der Waals surface area contributed by atoms with Gasteiger partial charge in [0.15, 0.2) is 0 Å². The molecule has 175 valence electrons. The molecule has 4 heterocycles. The van der Waals surface area contributed by atoms with Gasteiger partial charge in [-0.2, -0.15) is 0 Å². The summed E-state index contributed by atoms with van der Waals surface area (Å²) < 4.78 is 88.7. The Morgan fingerprint density at radius 3 is 2.46 bits per heavy atom. The minimum Gasteiger partial charge on any atom is -0.486 e. The van der Waals surface area contributed by atoms with Crippen LogP contribution in [0.15, 0.2) is 89.6 Å². The third-order valence-electron chi connectivity index (χ3n) is 4.92. The van der Waals surface area contributed by atoms with Gasteiger partial charge >= 0.3 is 0 Å². The number of fused-ring (bicyclic) bond motifs is 3. The first-order valence-corrected chi connectivity index (χ1v) is 10.2. The fourth-order valence-electron chi connectivity index (χ4n) is 3.35. The van der Waals surface area contributed by atoms with E-state index in [4.69, 9.17) is 19.5 Å². The summed E-state index contributed by atoms with van der Waals surface area (Å²) >= 11 is 0. The van der Waals surface area contributed by atoms with E-state index in [1.165, 1.54) is 12.3 Å². The molecule has 2 aromatic carbocycles. The second kappa shape index (κ2) is 10.7. The van der Waals surface area contributed by atoms with Gasteiger partial charge in [-0.25, -0.2) is 4.98 Å². The van der Waals surface area contributed by atoms with Crippen molar-refractivity contribution in [2.24, 2.45) is 0 Å². The topological polar surface area (TPSA) is 51.8 Å². The van der Waals surface area contributed by atoms with E-state index in [0.29, 0.717) is 10.8 Å². The minimum absolute atomic E-state index is 0. The number of benzene rings is 2. The Morgan fingerprint density at radius 2 is 1.69 bits per heavy atom. The van der Waals surface area contributed by atoms with Gasteiger partial charge in [0.05, 0.1) is 8.32 Å². The van der Waals surface area contributed by atoms with Crippen LogP contribution in [0.5, 0.6) is 0 Å². The van der Waals surface area contributed by atoms with Gasteiger partial charge in [0.25, 0.3) is 0 Å². The molecule has 0 aliphatic rings. The Morgan fingerprint density at radius 1 is 0.800 bits per heavy atom. The summed E-state index contributed by atoms with van der Waals surface area (Å²) in [7, 11) is 0. The maximum absolute atomic E-state index is 8.23. The average molecular weight is 645 g/mol. The number of hydrogen-bond acceptors (Lipinski definition) is 4. The van der Waals surface area contributed by atoms with Crippen molar-refractivity contribution < 1.29 is 39.6 Å². The first-order chi connectivity index (χ1) is 21.1. The molecule has 0 bridgehead atoms. The number of furan rings is 1. The molecule has 0 fully saturated rings. The third-order valence-corrected chi connectivity index (χ3v) is 4.92. The number of hydrogen-bond donors (Lipinski definition) is 0. The van der Waals surface area contributed by atoms with E-state index in [0.717, 1.165) is 17.5 Å². The molecule has 0 unspecified atom stereocenters. The third kappa shape index (κ3) is 5.37. The number of pyridine rings is 3. The van der Waals surface area contributed by atoms with E-state index < -0.39 is 26.6 Å². The van der Waals surface area contributed by atoms with Gasteiger partial charge in [-0.05, 0) is 55.2 Å². The quantitative estimate of drug-likeness (QED) is 0.186. The first kappa shape index (κ1) is 14.0. The van der Waals surface area contributed by atoms with Gasteiger partial charge < -0.3 is 14.4 Å². The van der Waals surface area contributed by atoms with Crippen molar-refractivity contribution in [1.82, 2.24) is 15.0 Å². The van der Waals surface area contributed by atoms with E-state index in [1.54, 1.807) is 36.4 Å². The molecule has 6 rings (SSSR count). The fraction of sp³-hybridized carbons (Fsp3) is 0.100. The maximum atomic E-state index is 8.23. The monoisotopic (exact) mass is 645 g/mol. The van der Waals surface area contributed by atoms with Crippen molar-refractivity contribution in [2.75, 3.05) is 0 Å². The van der Waals surface area contributed by atoms with Crippen LogP contribution < -0.4 is 0 Å². The molecule has 0 saturated carbocycles. The summed E-state index contributed by atoms with van der Waals surface area (Å²) in [5.74, 6) is 0. The molecule has 4 nitrogen and oxygen atoms in total. The van der Waals surface area contributed by atoms with E-state index in [1.807, 2.05) is 18.2 Å². The number of rotatable bonds is 2. The molecule has 1 radical (unpaired) electrons. The van der Waals surface area contributed by atoms with Crippen molar-refractivity contribution in [3.8, 4) is 22.5 Å². The van der Waals surface area contributed by atoms with Crippen LogP contribution in [0.3, 0.4) is 0 Å². The summed E-state index contributed by atoms with van der Waals surface area (Å²) in [6, 6.07) is 22.2. The Labute approximate surface area is 233 Å². The largest absolute Gasteiger partial charge is 0.486 e. The van der Waals surface area contributed by atoms with Gasteiger partial charge in [-0.15, -0.1) is 54.1 Å². The fourth-order valence-corrected chi connectivity index (χ4v) is 3.35. The smallest absolute Gasteiger partial charge is 0.216 e. The summed E-state index contributed by atoms with van der Waals surface area (Å²) in [6.07, 6.45) is 2.45. The SMILES string of the molecule is [2H]C([2H])([2H])c1ccc(-c2[c-]cccc2)nc1.[2H]c1c(C([2H])([2H])[2H])cnc(-c2[c-]ccc3c2oc2nc(C([2H])([2H])[2H])ccc23)c1[2H].[Ir]. The van der Waals surface area contributed by atoms with Crippen molar-refractivity contribution in [2.45, 2.75) is 20.6 Å². The Hall–Kier alpha value is -3.66. The predicted molar refractivity (Wildman–Crippen MR) is 136 cm³/mol. The molecule has 0 amide bonds. The zero-order chi connectivity index (χ0) is 32.7. The normalized spacial score (nSPS) is 16.2. The van der Waals surface area contributed by atoms with Gasteiger partial charge in [-0.3, -0.25) is 0 Å². The van der Waals surface area contributed by atoms with Crippen LogP contribution in [0, 0.1) is 32.7 Å². The molecule has 0 atom stereocenters. The standard InChI is InChI=1S/C18H13N2O.C12H10N.Ir/c1-11-6-9-16(19-10-11)15-5-3-4-13-14-8-7-12(2)20-18(14)21-17(13)15;1-10-7-8-12(13-9-10)11-5-3-2-4-6-11;/h3-4,6-10H,1-2H3;2-5,7-9H,1H3;/q2*-1;/i1D3,2D3,6D,9D;1D3;. The zero-order valence-corrected chi connectivity index (χ0v) is 20.4. The van der Waals surface area contributed by atoms with Gasteiger partial charge in [-0.1, -0.05) is 35.2 Å². The van der Waals surface area contributed by atoms with E-state index in [2.05, 4.69) is 27.1 Å². The van der Waals surface area contributed by atoms with Crippen molar-refractivity contribution in [3.63, 3.8) is 0 Å². The summed E-state index contributed by atoms with van der Waals surface area (Å²) in [6.45, 7) is -7.03. The van der Waals surface area contributed by atoms with Crippen LogP contribution >= 0.6 is 0 Å². The summed E-state index contributed by atoms with van der Waals surface area (Å²) in [4.78, 5) is 12.3. The molecule has 0 N–H and O–H groups in total. The molecule has 0 spiro atoms. The Balaban J connectivity index is 0.000000240. The number of aromatic nitrogens is 3. The molecule has 4 aromatic heterocycles. The second-order valence-corrected chi connectivity index (χ2v) is 7.23. The van der Waals surface area contributed by atoms with Crippen molar-refractivity contribution in [1.29, 1.82) is 0 Å². The van der Waals surface area contributed by atoms with Crippen LogP contribution in [0.2, 0.25) is 0 Å². The van der Waals surface area contributed by atoms with Crippen molar-refractivity contribution >= 4 is 22.1 Å². The minimum atomic E-state index is -2.55. The van der Waals surface area contributed by atoms with Crippen LogP contribution in [-0.2, 0) is 20.1 Å². The Kier molecular flexibility index (Phi) is 4.30. The molecule has 35 heavy (non-hydrogen) atoms. The van der Waals surface area contributed by atoms with E-state index >= 15 is 0 Å². The first-order valence-electron chi connectivity index (χ1n) is 15.7. The summed E-state index contributed by atoms with van der Waals surface area (Å²) in [5.41, 5.74) is 2.14. The van der Waals surface area contributed by atoms with Crippen LogP contribution in [0.1, 0.15) is 31.9 Å². The van der Waals surface area contributed by atoms with Crippen LogP contribution in [0.25, 0.3) is 44.6 Å². The van der Waals surface area contributed by atoms with Crippen LogP contribution in [-0.4, -0.2) is 15.0 Å². The van der Waals surface area contributed by atoms with Gasteiger partial charge in [0.1, 0.15) is 0 Å². The van der Waals surface area contributed by atoms with Crippen molar-refractivity contribution in [3.05, 3.63) is 114 Å². The zero-order valence-electron chi connectivity index (χ0n) is 29.0. The van der Waals surface area contributed by atoms with E-state index in [-0.39, 0.29) is 65.5 Å². The average Bonchev–Trinajstić information content (AvgIpc) is 3.36. The number of nitrogens with zero attached hydrogens (tertiary/aromatic N) is 3. The summed E-state index contributed by atoms with van der Waals surface area (Å²) in [5, 5.41) is 1.20. The Bertz CT molecular complexity index is 1990. The number of aryl methyl sites for hydroxylation is 3. The molecule has 0 aliphatic heterocycles. The van der Waals surface area contributed by atoms with Gasteiger partial charge in [0.2, 0.25) is 5.71 Å². The molecule has 0 saturated heterocycles. The molecular formula is C30H23IrN3O-2. The molecule has 5 heteroatoms. The second-order valence-electron chi connectivity index (χ2n) is 7.23. The van der Waals surface area contributed by atoms with Crippen LogP contribution in [0.4, 0.5) is 0 Å². The molecule has 6 aromatic rings. The predicted octanol–water partition coefficient (Wildman–Crippen LogP) is 7.31. The molecule has 0 aliphatic carbocycles. The van der Waals surface area contributed by atoms with E-state index in [9.17, 15) is 0 Å². The van der Waals surface area contributed by atoms with Gasteiger partial charge in [0, 0.05) is 55.9 Å².